The number of carbonyl (C=O) groups is 1. The fourth-order valence-corrected chi connectivity index (χ4v) is 2.54. The number of hydrogen-bond acceptors (Lipinski definition) is 4. The Bertz CT molecular complexity index is 1130. The van der Waals surface area contributed by atoms with Crippen LogP contribution in [0.25, 0.3) is 16.9 Å². The molecular formula is C18H11F2N5O. The largest absolute Gasteiger partial charge is 0.322 e. The Balaban J connectivity index is 1.65. The highest BCUT2D eigenvalue weighted by atomic mass is 19.1. The Hall–Kier alpha value is -3.68. The predicted octanol–water partition coefficient (Wildman–Crippen LogP) is 3.32. The summed E-state index contributed by atoms with van der Waals surface area (Å²) in [5, 5.41) is 6.77. The molecule has 26 heavy (non-hydrogen) atoms. The minimum Gasteiger partial charge on any atom is -0.322 e. The fourth-order valence-electron chi connectivity index (χ4n) is 2.54. The van der Waals surface area contributed by atoms with Gasteiger partial charge < -0.3 is 5.32 Å². The topological polar surface area (TPSA) is 72.2 Å². The first kappa shape index (κ1) is 15.8. The third-order valence-corrected chi connectivity index (χ3v) is 3.75. The summed E-state index contributed by atoms with van der Waals surface area (Å²) in [5.41, 5.74) is 2.03. The third kappa shape index (κ3) is 2.88. The minimum atomic E-state index is -0.927. The molecule has 0 aliphatic heterocycles. The summed E-state index contributed by atoms with van der Waals surface area (Å²) in [4.78, 5) is 20.8. The van der Waals surface area contributed by atoms with Gasteiger partial charge in [-0.05, 0) is 30.3 Å². The van der Waals surface area contributed by atoms with Crippen LogP contribution in [0, 0.1) is 11.6 Å². The molecule has 1 amide bonds. The summed E-state index contributed by atoms with van der Waals surface area (Å²) in [7, 11) is 0. The van der Waals surface area contributed by atoms with E-state index in [4.69, 9.17) is 0 Å². The molecule has 6 nitrogen and oxygen atoms in total. The molecule has 3 heterocycles. The first-order chi connectivity index (χ1) is 12.6. The van der Waals surface area contributed by atoms with Gasteiger partial charge in [0, 0.05) is 30.3 Å². The number of nitrogens with zero attached hydrogens (tertiary/aromatic N) is 4. The van der Waals surface area contributed by atoms with Crippen molar-refractivity contribution in [1.29, 1.82) is 0 Å². The van der Waals surface area contributed by atoms with Gasteiger partial charge in [0.15, 0.2) is 5.65 Å². The van der Waals surface area contributed by atoms with Crippen molar-refractivity contribution in [2.45, 2.75) is 0 Å². The molecule has 4 rings (SSSR count). The first-order valence-corrected chi connectivity index (χ1v) is 7.63. The van der Waals surface area contributed by atoms with Gasteiger partial charge in [-0.3, -0.25) is 9.78 Å². The number of aromatic nitrogens is 4. The van der Waals surface area contributed by atoms with E-state index >= 15 is 0 Å². The van der Waals surface area contributed by atoms with Crippen molar-refractivity contribution >= 4 is 17.2 Å². The second kappa shape index (κ2) is 6.32. The van der Waals surface area contributed by atoms with Crippen LogP contribution in [0.1, 0.15) is 10.4 Å². The van der Waals surface area contributed by atoms with Gasteiger partial charge in [0.25, 0.3) is 5.91 Å². The van der Waals surface area contributed by atoms with Gasteiger partial charge in [-0.25, -0.2) is 18.3 Å². The van der Waals surface area contributed by atoms with Gasteiger partial charge in [0.05, 0.1) is 23.0 Å². The van der Waals surface area contributed by atoms with Crippen LogP contribution in [-0.2, 0) is 0 Å². The van der Waals surface area contributed by atoms with Crippen molar-refractivity contribution in [3.05, 3.63) is 78.4 Å². The molecule has 0 radical (unpaired) electrons. The highest BCUT2D eigenvalue weighted by molar-refractivity contribution is 6.04. The lowest BCUT2D eigenvalue weighted by Gasteiger charge is -2.07. The van der Waals surface area contributed by atoms with E-state index in [9.17, 15) is 13.6 Å². The standard InChI is InChI=1S/C18H11F2N5O/c19-11-2-3-13(15(20)8-11)18(26)24-12-4-6-21-16(9-12)14-10-23-25-7-1-5-22-17(14)25/h1-10H,(H,21,24,26). The molecule has 0 saturated carbocycles. The number of pyridine rings is 1. The molecule has 1 aromatic carbocycles. The van der Waals surface area contributed by atoms with Crippen molar-refractivity contribution in [3.63, 3.8) is 0 Å². The van der Waals surface area contributed by atoms with Crippen LogP contribution in [0.5, 0.6) is 0 Å². The van der Waals surface area contributed by atoms with Gasteiger partial charge >= 0.3 is 0 Å². The number of halogens is 2. The van der Waals surface area contributed by atoms with Crippen LogP contribution in [0.15, 0.2) is 61.2 Å². The maximum Gasteiger partial charge on any atom is 0.258 e. The van der Waals surface area contributed by atoms with Crippen molar-refractivity contribution in [1.82, 2.24) is 19.6 Å². The Morgan fingerprint density at radius 2 is 1.96 bits per heavy atom. The highest BCUT2D eigenvalue weighted by Crippen LogP contribution is 2.23. The van der Waals surface area contributed by atoms with E-state index in [0.717, 1.165) is 12.1 Å². The molecule has 0 unspecified atom stereocenters. The summed E-state index contributed by atoms with van der Waals surface area (Å²) in [6, 6.07) is 7.74. The minimum absolute atomic E-state index is 0.248. The number of carbonyl (C=O) groups excluding carboxylic acids is 1. The van der Waals surface area contributed by atoms with Crippen LogP contribution in [0.2, 0.25) is 0 Å². The molecule has 0 aliphatic rings. The van der Waals surface area contributed by atoms with E-state index in [0.29, 0.717) is 28.7 Å². The van der Waals surface area contributed by atoms with Crippen LogP contribution in [-0.4, -0.2) is 25.5 Å². The Kier molecular flexibility index (Phi) is 3.85. The summed E-state index contributed by atoms with van der Waals surface area (Å²) in [6.07, 6.45) is 6.53. The number of hydrogen-bond donors (Lipinski definition) is 1. The molecule has 128 valence electrons. The SMILES string of the molecule is O=C(Nc1ccnc(-c2cnn3cccnc23)c1)c1ccc(F)cc1F. The summed E-state index contributed by atoms with van der Waals surface area (Å²) >= 11 is 0. The lowest BCUT2D eigenvalue weighted by molar-refractivity contribution is 0.102. The molecule has 0 fully saturated rings. The van der Waals surface area contributed by atoms with E-state index < -0.39 is 17.5 Å². The monoisotopic (exact) mass is 351 g/mol. The molecule has 1 N–H and O–H groups in total. The van der Waals surface area contributed by atoms with Gasteiger partial charge in [-0.1, -0.05) is 0 Å². The number of nitrogens with one attached hydrogen (secondary N) is 1. The second-order valence-electron chi connectivity index (χ2n) is 5.45. The van der Waals surface area contributed by atoms with Gasteiger partial charge in [0.2, 0.25) is 0 Å². The number of anilines is 1. The lowest BCUT2D eigenvalue weighted by atomic mass is 10.1. The normalized spacial score (nSPS) is 10.8. The Labute approximate surface area is 146 Å². The van der Waals surface area contributed by atoms with Gasteiger partial charge in [-0.2, -0.15) is 5.10 Å². The van der Waals surface area contributed by atoms with E-state index in [2.05, 4.69) is 20.4 Å². The predicted molar refractivity (Wildman–Crippen MR) is 90.5 cm³/mol. The molecule has 0 bridgehead atoms. The molecule has 4 aromatic rings. The first-order valence-electron chi connectivity index (χ1n) is 7.63. The molecule has 3 aromatic heterocycles. The maximum atomic E-state index is 13.7. The van der Waals surface area contributed by atoms with Crippen molar-refractivity contribution in [3.8, 4) is 11.3 Å². The van der Waals surface area contributed by atoms with Gasteiger partial charge in [0.1, 0.15) is 11.6 Å². The number of amides is 1. The average molecular weight is 351 g/mol. The third-order valence-electron chi connectivity index (χ3n) is 3.75. The Morgan fingerprint density at radius 3 is 2.81 bits per heavy atom. The quantitative estimate of drug-likeness (QED) is 0.615. The summed E-state index contributed by atoms with van der Waals surface area (Å²) in [5.74, 6) is -2.35. The van der Waals surface area contributed by atoms with E-state index in [1.54, 1.807) is 41.3 Å². The number of rotatable bonds is 3. The van der Waals surface area contributed by atoms with E-state index in [-0.39, 0.29) is 5.56 Å². The molecule has 8 heteroatoms. The van der Waals surface area contributed by atoms with Crippen LogP contribution in [0.4, 0.5) is 14.5 Å². The second-order valence-corrected chi connectivity index (χ2v) is 5.45. The molecular weight excluding hydrogens is 340 g/mol. The molecule has 0 aliphatic carbocycles. The van der Waals surface area contributed by atoms with E-state index in [1.807, 2.05) is 0 Å². The number of benzene rings is 1. The maximum absolute atomic E-state index is 13.7. The van der Waals surface area contributed by atoms with Crippen LogP contribution in [0.3, 0.4) is 0 Å². The van der Waals surface area contributed by atoms with Crippen molar-refractivity contribution in [2.75, 3.05) is 5.32 Å². The van der Waals surface area contributed by atoms with Crippen molar-refractivity contribution < 1.29 is 13.6 Å². The van der Waals surface area contributed by atoms with Gasteiger partial charge in [-0.15, -0.1) is 0 Å². The smallest absolute Gasteiger partial charge is 0.258 e. The average Bonchev–Trinajstić information content (AvgIpc) is 3.06. The zero-order valence-electron chi connectivity index (χ0n) is 13.2. The molecule has 0 atom stereocenters. The van der Waals surface area contributed by atoms with Crippen molar-refractivity contribution in [2.24, 2.45) is 0 Å². The van der Waals surface area contributed by atoms with E-state index in [1.165, 1.54) is 6.20 Å². The molecule has 0 saturated heterocycles. The van der Waals surface area contributed by atoms with Crippen LogP contribution < -0.4 is 5.32 Å². The lowest BCUT2D eigenvalue weighted by Crippen LogP contribution is -2.14. The summed E-state index contributed by atoms with van der Waals surface area (Å²) < 4.78 is 28.3. The number of fused-ring (bicyclic) bond motifs is 1. The highest BCUT2D eigenvalue weighted by Gasteiger charge is 2.14. The fraction of sp³-hybridized carbons (Fsp3) is 0. The zero-order chi connectivity index (χ0) is 18.1. The Morgan fingerprint density at radius 1 is 1.08 bits per heavy atom. The molecule has 0 spiro atoms. The zero-order valence-corrected chi connectivity index (χ0v) is 13.2. The van der Waals surface area contributed by atoms with Crippen LogP contribution >= 0.6 is 0 Å². The summed E-state index contributed by atoms with van der Waals surface area (Å²) in [6.45, 7) is 0.